The van der Waals surface area contributed by atoms with Gasteiger partial charge in [-0.2, -0.15) is 0 Å². The van der Waals surface area contributed by atoms with Crippen molar-refractivity contribution < 1.29 is 9.53 Å². The van der Waals surface area contributed by atoms with E-state index in [2.05, 4.69) is 15.3 Å². The Labute approximate surface area is 156 Å². The molecule has 1 amide bonds. The molecule has 3 rings (SSSR count). The fraction of sp³-hybridized carbons (Fsp3) is 0.389. The number of carbonyl (C=O) groups excluding carboxylic acids is 1. The maximum absolute atomic E-state index is 12.5. The quantitative estimate of drug-likeness (QED) is 0.860. The van der Waals surface area contributed by atoms with Gasteiger partial charge < -0.3 is 10.1 Å². The minimum Gasteiger partial charge on any atom is -0.381 e. The minimum absolute atomic E-state index is 0.0880. The molecular formula is C18H19Cl2N3O2. The maximum Gasteiger partial charge on any atom is 0.252 e. The van der Waals surface area contributed by atoms with Crippen LogP contribution in [0.5, 0.6) is 0 Å². The number of nitrogens with one attached hydrogen (secondary N) is 1. The summed E-state index contributed by atoms with van der Waals surface area (Å²) < 4.78 is 5.52. The molecule has 132 valence electrons. The van der Waals surface area contributed by atoms with E-state index in [0.29, 0.717) is 29.7 Å². The zero-order chi connectivity index (χ0) is 17.8. The number of halogens is 2. The Morgan fingerprint density at radius 3 is 2.80 bits per heavy atom. The first kappa shape index (κ1) is 18.1. The van der Waals surface area contributed by atoms with Crippen LogP contribution in [0.1, 0.15) is 34.1 Å². The van der Waals surface area contributed by atoms with Gasteiger partial charge in [0.2, 0.25) is 0 Å². The fourth-order valence-electron chi connectivity index (χ4n) is 3.00. The average molecular weight is 380 g/mol. The molecule has 0 spiro atoms. The van der Waals surface area contributed by atoms with Crippen molar-refractivity contribution in [3.8, 4) is 0 Å². The highest BCUT2D eigenvalue weighted by atomic mass is 35.5. The van der Waals surface area contributed by atoms with Crippen molar-refractivity contribution in [2.24, 2.45) is 5.92 Å². The van der Waals surface area contributed by atoms with E-state index in [1.54, 1.807) is 18.2 Å². The predicted molar refractivity (Wildman–Crippen MR) is 97.2 cm³/mol. The van der Waals surface area contributed by atoms with Gasteiger partial charge in [-0.15, -0.1) is 0 Å². The van der Waals surface area contributed by atoms with E-state index in [9.17, 15) is 4.79 Å². The van der Waals surface area contributed by atoms with Gasteiger partial charge in [0.1, 0.15) is 5.82 Å². The highest BCUT2D eigenvalue weighted by Crippen LogP contribution is 2.30. The van der Waals surface area contributed by atoms with Gasteiger partial charge in [-0.3, -0.25) is 4.79 Å². The summed E-state index contributed by atoms with van der Waals surface area (Å²) in [6, 6.07) is 5.02. The number of nitrogens with zero attached hydrogens (tertiary/aromatic N) is 2. The molecule has 0 aliphatic carbocycles. The molecule has 2 unspecified atom stereocenters. The first-order valence-corrected chi connectivity index (χ1v) is 8.90. The molecule has 1 aromatic heterocycles. The Balaban J connectivity index is 1.75. The van der Waals surface area contributed by atoms with Gasteiger partial charge in [0.15, 0.2) is 0 Å². The molecule has 5 nitrogen and oxygen atoms in total. The molecule has 2 heterocycles. The van der Waals surface area contributed by atoms with Crippen LogP contribution in [0.4, 0.5) is 0 Å². The summed E-state index contributed by atoms with van der Waals surface area (Å²) in [6.07, 6.45) is 4.60. The number of hydrogen-bond acceptors (Lipinski definition) is 4. The van der Waals surface area contributed by atoms with Crippen LogP contribution in [-0.4, -0.2) is 35.6 Å². The van der Waals surface area contributed by atoms with Gasteiger partial charge in [0.25, 0.3) is 5.91 Å². The maximum atomic E-state index is 12.5. The van der Waals surface area contributed by atoms with Gasteiger partial charge in [0.05, 0.1) is 22.2 Å². The standard InChI is InChI=1S/C18H19Cl2N3O2/c1-11-21-7-13(8-22-11)15(12-5-6-25-10-12)9-23-18(24)14-3-2-4-16(19)17(14)20/h2-4,7-8,12,15H,5-6,9-10H2,1H3,(H,23,24). The first-order chi connectivity index (χ1) is 12.1. The van der Waals surface area contributed by atoms with E-state index in [-0.39, 0.29) is 16.8 Å². The highest BCUT2D eigenvalue weighted by Gasteiger charge is 2.28. The molecule has 25 heavy (non-hydrogen) atoms. The van der Waals surface area contributed by atoms with Crippen molar-refractivity contribution >= 4 is 29.1 Å². The topological polar surface area (TPSA) is 64.1 Å². The molecule has 0 saturated carbocycles. The van der Waals surface area contributed by atoms with Gasteiger partial charge >= 0.3 is 0 Å². The molecule has 2 atom stereocenters. The van der Waals surface area contributed by atoms with Crippen LogP contribution in [-0.2, 0) is 4.74 Å². The number of amides is 1. The smallest absolute Gasteiger partial charge is 0.252 e. The number of aryl methyl sites for hydroxylation is 1. The van der Waals surface area contributed by atoms with Crippen molar-refractivity contribution in [2.45, 2.75) is 19.3 Å². The number of hydrogen-bond donors (Lipinski definition) is 1. The van der Waals surface area contributed by atoms with E-state index < -0.39 is 0 Å². The zero-order valence-electron chi connectivity index (χ0n) is 13.8. The number of ether oxygens (including phenoxy) is 1. The van der Waals surface area contributed by atoms with E-state index in [0.717, 1.165) is 24.4 Å². The fourth-order valence-corrected chi connectivity index (χ4v) is 3.38. The van der Waals surface area contributed by atoms with Crippen LogP contribution in [0, 0.1) is 12.8 Å². The molecule has 0 radical (unpaired) electrons. The number of carbonyl (C=O) groups is 1. The lowest BCUT2D eigenvalue weighted by atomic mass is 9.86. The van der Waals surface area contributed by atoms with Crippen LogP contribution < -0.4 is 5.32 Å². The van der Waals surface area contributed by atoms with E-state index in [4.69, 9.17) is 27.9 Å². The van der Waals surface area contributed by atoms with Gasteiger partial charge in [-0.25, -0.2) is 9.97 Å². The summed E-state index contributed by atoms with van der Waals surface area (Å²) in [4.78, 5) is 21.1. The van der Waals surface area contributed by atoms with Crippen LogP contribution in [0.15, 0.2) is 30.6 Å². The third kappa shape index (κ3) is 4.29. The van der Waals surface area contributed by atoms with Crippen molar-refractivity contribution in [3.63, 3.8) is 0 Å². The molecular weight excluding hydrogens is 361 g/mol. The molecule has 2 aromatic rings. The van der Waals surface area contributed by atoms with Crippen LogP contribution in [0.2, 0.25) is 10.0 Å². The summed E-state index contributed by atoms with van der Waals surface area (Å²) in [6.45, 7) is 3.72. The molecule has 1 aliphatic rings. The highest BCUT2D eigenvalue weighted by molar-refractivity contribution is 6.43. The predicted octanol–water partition coefficient (Wildman–Crippen LogP) is 3.64. The lowest BCUT2D eigenvalue weighted by Gasteiger charge is -2.23. The van der Waals surface area contributed by atoms with Crippen LogP contribution >= 0.6 is 23.2 Å². The van der Waals surface area contributed by atoms with Crippen molar-refractivity contribution in [1.29, 1.82) is 0 Å². The summed E-state index contributed by atoms with van der Waals surface area (Å²) >= 11 is 12.1. The monoisotopic (exact) mass is 379 g/mol. The van der Waals surface area contributed by atoms with E-state index in [1.807, 2.05) is 19.3 Å². The third-order valence-electron chi connectivity index (χ3n) is 4.44. The summed E-state index contributed by atoms with van der Waals surface area (Å²) in [5, 5.41) is 3.59. The molecule has 1 saturated heterocycles. The summed E-state index contributed by atoms with van der Waals surface area (Å²) in [7, 11) is 0. The summed E-state index contributed by atoms with van der Waals surface area (Å²) in [5.41, 5.74) is 1.37. The Kier molecular flexibility index (Phi) is 5.89. The average Bonchev–Trinajstić information content (AvgIpc) is 3.13. The molecule has 7 heteroatoms. The number of aromatic nitrogens is 2. The van der Waals surface area contributed by atoms with Crippen LogP contribution in [0.3, 0.4) is 0 Å². The Bertz CT molecular complexity index is 746. The van der Waals surface area contributed by atoms with Crippen molar-refractivity contribution in [1.82, 2.24) is 15.3 Å². The lowest BCUT2D eigenvalue weighted by molar-refractivity contribution is 0.0946. The van der Waals surface area contributed by atoms with Crippen molar-refractivity contribution in [3.05, 3.63) is 57.6 Å². The Morgan fingerprint density at radius 1 is 1.36 bits per heavy atom. The third-order valence-corrected chi connectivity index (χ3v) is 5.26. The van der Waals surface area contributed by atoms with Crippen LogP contribution in [0.25, 0.3) is 0 Å². The van der Waals surface area contributed by atoms with Gasteiger partial charge in [-0.05, 0) is 37.0 Å². The van der Waals surface area contributed by atoms with E-state index in [1.165, 1.54) is 0 Å². The van der Waals surface area contributed by atoms with Crippen molar-refractivity contribution in [2.75, 3.05) is 19.8 Å². The van der Waals surface area contributed by atoms with Gasteiger partial charge in [-0.1, -0.05) is 29.3 Å². The molecule has 1 aliphatic heterocycles. The SMILES string of the molecule is Cc1ncc(C(CNC(=O)c2cccc(Cl)c2Cl)C2CCOC2)cn1. The van der Waals surface area contributed by atoms with E-state index >= 15 is 0 Å². The lowest BCUT2D eigenvalue weighted by Crippen LogP contribution is -2.32. The molecule has 1 fully saturated rings. The molecule has 1 aromatic carbocycles. The first-order valence-electron chi connectivity index (χ1n) is 8.14. The second-order valence-electron chi connectivity index (χ2n) is 6.11. The van der Waals surface area contributed by atoms with Gasteiger partial charge in [0, 0.05) is 31.5 Å². The molecule has 0 bridgehead atoms. The second kappa shape index (κ2) is 8.13. The minimum atomic E-state index is -0.246. The number of benzene rings is 1. The zero-order valence-corrected chi connectivity index (χ0v) is 15.3. The number of rotatable bonds is 5. The largest absolute Gasteiger partial charge is 0.381 e. The second-order valence-corrected chi connectivity index (χ2v) is 6.89. The Hall–Kier alpha value is -1.69. The Morgan fingerprint density at radius 2 is 2.12 bits per heavy atom. The molecule has 1 N–H and O–H groups in total. The summed E-state index contributed by atoms with van der Waals surface area (Å²) in [5.74, 6) is 0.885. The normalized spacial score (nSPS) is 18.1.